The number of benzene rings is 2. The van der Waals surface area contributed by atoms with Gasteiger partial charge in [0.15, 0.2) is 0 Å². The van der Waals surface area contributed by atoms with Crippen LogP contribution in [0.15, 0.2) is 54.6 Å². The molecule has 0 spiro atoms. The standard InChI is InChI=1S/C24H31N3O4/c1-24(2,17-22(29)30)16-21(28)27(15-14-18-8-6-5-7-9-18)23(31)25-19-10-12-20(13-11-19)26(3)4/h5-13H,14-17H2,1-4H3,(H,25,31)(H,29,30). The quantitative estimate of drug-likeness (QED) is 0.627. The number of carboxylic acid groups (broad SMARTS) is 1. The predicted octanol–water partition coefficient (Wildman–Crippen LogP) is 4.25. The molecule has 0 aliphatic rings. The highest BCUT2D eigenvalue weighted by atomic mass is 16.4. The summed E-state index contributed by atoms with van der Waals surface area (Å²) in [7, 11) is 3.85. The molecule has 0 atom stereocenters. The van der Waals surface area contributed by atoms with Gasteiger partial charge in [-0.1, -0.05) is 44.2 Å². The zero-order chi connectivity index (χ0) is 23.0. The van der Waals surface area contributed by atoms with Gasteiger partial charge in [-0.05, 0) is 41.7 Å². The van der Waals surface area contributed by atoms with E-state index >= 15 is 0 Å². The number of urea groups is 1. The van der Waals surface area contributed by atoms with Crippen LogP contribution in [-0.2, 0) is 16.0 Å². The second-order valence-electron chi connectivity index (χ2n) is 8.56. The Hall–Kier alpha value is -3.35. The fourth-order valence-corrected chi connectivity index (χ4v) is 3.24. The lowest BCUT2D eigenvalue weighted by molar-refractivity contribution is -0.140. The molecule has 31 heavy (non-hydrogen) atoms. The summed E-state index contributed by atoms with van der Waals surface area (Å²) < 4.78 is 0. The number of amides is 3. The highest BCUT2D eigenvalue weighted by molar-refractivity contribution is 6.01. The Bertz CT molecular complexity index is 893. The number of nitrogens with one attached hydrogen (secondary N) is 1. The van der Waals surface area contributed by atoms with Crippen LogP contribution in [0.5, 0.6) is 0 Å². The molecule has 3 amide bonds. The third-order valence-electron chi connectivity index (χ3n) is 4.91. The molecule has 0 saturated heterocycles. The van der Waals surface area contributed by atoms with E-state index in [0.717, 1.165) is 11.3 Å². The maximum Gasteiger partial charge on any atom is 0.328 e. The van der Waals surface area contributed by atoms with Crippen molar-refractivity contribution in [2.75, 3.05) is 30.9 Å². The van der Waals surface area contributed by atoms with Gasteiger partial charge < -0.3 is 15.3 Å². The topological polar surface area (TPSA) is 90.0 Å². The Morgan fingerprint density at radius 3 is 2.10 bits per heavy atom. The number of hydrogen-bond donors (Lipinski definition) is 2. The lowest BCUT2D eigenvalue weighted by Gasteiger charge is -2.27. The Labute approximate surface area is 183 Å². The van der Waals surface area contributed by atoms with Crippen LogP contribution < -0.4 is 10.2 Å². The molecule has 166 valence electrons. The van der Waals surface area contributed by atoms with Crippen molar-refractivity contribution in [1.82, 2.24) is 4.90 Å². The van der Waals surface area contributed by atoms with E-state index in [1.165, 1.54) is 4.90 Å². The van der Waals surface area contributed by atoms with Crippen molar-refractivity contribution >= 4 is 29.3 Å². The van der Waals surface area contributed by atoms with Crippen LogP contribution in [0.25, 0.3) is 0 Å². The fourth-order valence-electron chi connectivity index (χ4n) is 3.24. The summed E-state index contributed by atoms with van der Waals surface area (Å²) in [5.41, 5.74) is 1.82. The molecule has 0 aliphatic heterocycles. The van der Waals surface area contributed by atoms with Crippen molar-refractivity contribution in [1.29, 1.82) is 0 Å². The summed E-state index contributed by atoms with van der Waals surface area (Å²) in [6.07, 6.45) is 0.318. The second kappa shape index (κ2) is 10.6. The fraction of sp³-hybridized carbons (Fsp3) is 0.375. The van der Waals surface area contributed by atoms with E-state index in [1.807, 2.05) is 61.5 Å². The van der Waals surface area contributed by atoms with E-state index in [9.17, 15) is 14.4 Å². The third kappa shape index (κ3) is 7.77. The SMILES string of the molecule is CN(C)c1ccc(NC(=O)N(CCc2ccccc2)C(=O)CC(C)(C)CC(=O)O)cc1. The van der Waals surface area contributed by atoms with Gasteiger partial charge >= 0.3 is 12.0 Å². The van der Waals surface area contributed by atoms with Crippen LogP contribution in [0.1, 0.15) is 32.3 Å². The van der Waals surface area contributed by atoms with Gasteiger partial charge in [-0.15, -0.1) is 0 Å². The number of aliphatic carboxylic acids is 1. The maximum atomic E-state index is 13.0. The van der Waals surface area contributed by atoms with Gasteiger partial charge in [0.25, 0.3) is 0 Å². The maximum absolute atomic E-state index is 13.0. The Morgan fingerprint density at radius 2 is 1.55 bits per heavy atom. The van der Waals surface area contributed by atoms with Crippen LogP contribution in [0.4, 0.5) is 16.2 Å². The Morgan fingerprint density at radius 1 is 0.935 bits per heavy atom. The first-order valence-electron chi connectivity index (χ1n) is 10.2. The van der Waals surface area contributed by atoms with Gasteiger partial charge in [-0.25, -0.2) is 4.79 Å². The molecule has 0 aliphatic carbocycles. The zero-order valence-corrected chi connectivity index (χ0v) is 18.6. The Kier molecular flexibility index (Phi) is 8.19. The lowest BCUT2D eigenvalue weighted by atomic mass is 9.85. The highest BCUT2D eigenvalue weighted by Gasteiger charge is 2.30. The molecule has 2 aromatic rings. The minimum absolute atomic E-state index is 0.0406. The highest BCUT2D eigenvalue weighted by Crippen LogP contribution is 2.26. The molecule has 0 saturated carbocycles. The van der Waals surface area contributed by atoms with E-state index < -0.39 is 23.3 Å². The van der Waals surface area contributed by atoms with Gasteiger partial charge in [0.2, 0.25) is 5.91 Å². The number of anilines is 2. The van der Waals surface area contributed by atoms with E-state index in [2.05, 4.69) is 5.32 Å². The van der Waals surface area contributed by atoms with Crippen molar-refractivity contribution in [3.05, 3.63) is 60.2 Å². The van der Waals surface area contributed by atoms with E-state index in [0.29, 0.717) is 12.1 Å². The molecule has 7 heteroatoms. The third-order valence-corrected chi connectivity index (χ3v) is 4.91. The molecule has 0 bridgehead atoms. The molecular formula is C24H31N3O4. The molecular weight excluding hydrogens is 394 g/mol. The van der Waals surface area contributed by atoms with Crippen LogP contribution in [0.2, 0.25) is 0 Å². The minimum atomic E-state index is -0.973. The zero-order valence-electron chi connectivity index (χ0n) is 18.6. The van der Waals surface area contributed by atoms with Crippen molar-refractivity contribution in [2.45, 2.75) is 33.1 Å². The van der Waals surface area contributed by atoms with Crippen LogP contribution in [-0.4, -0.2) is 48.6 Å². The van der Waals surface area contributed by atoms with Crippen molar-refractivity contribution in [3.8, 4) is 0 Å². The number of rotatable bonds is 9. The summed E-state index contributed by atoms with van der Waals surface area (Å²) in [6.45, 7) is 3.63. The summed E-state index contributed by atoms with van der Waals surface area (Å²) in [5, 5.41) is 11.9. The first-order valence-corrected chi connectivity index (χ1v) is 10.2. The first-order chi connectivity index (χ1) is 14.6. The molecule has 0 aromatic heterocycles. The number of carboxylic acids is 1. The summed E-state index contributed by atoms with van der Waals surface area (Å²) in [6, 6.07) is 16.4. The Balaban J connectivity index is 2.15. The van der Waals surface area contributed by atoms with Gasteiger partial charge in [0, 0.05) is 38.4 Å². The molecule has 0 fully saturated rings. The van der Waals surface area contributed by atoms with E-state index in [-0.39, 0.29) is 19.4 Å². The van der Waals surface area contributed by atoms with Crippen molar-refractivity contribution in [2.24, 2.45) is 5.41 Å². The largest absolute Gasteiger partial charge is 0.481 e. The summed E-state index contributed by atoms with van der Waals surface area (Å²) in [4.78, 5) is 40.2. The van der Waals surface area contributed by atoms with Gasteiger partial charge in [-0.2, -0.15) is 0 Å². The van der Waals surface area contributed by atoms with Gasteiger partial charge in [0.1, 0.15) is 0 Å². The molecule has 0 radical (unpaired) electrons. The first kappa shape index (κ1) is 23.9. The monoisotopic (exact) mass is 425 g/mol. The van der Waals surface area contributed by atoms with Crippen molar-refractivity contribution < 1.29 is 19.5 Å². The number of carbonyl (C=O) groups excluding carboxylic acids is 2. The molecule has 0 unspecified atom stereocenters. The van der Waals surface area contributed by atoms with Crippen LogP contribution in [0, 0.1) is 5.41 Å². The summed E-state index contributed by atoms with van der Waals surface area (Å²) >= 11 is 0. The lowest BCUT2D eigenvalue weighted by Crippen LogP contribution is -2.43. The second-order valence-corrected chi connectivity index (χ2v) is 8.56. The average Bonchev–Trinajstić information content (AvgIpc) is 2.67. The normalized spacial score (nSPS) is 11.0. The predicted molar refractivity (Wildman–Crippen MR) is 122 cm³/mol. The molecule has 7 nitrogen and oxygen atoms in total. The summed E-state index contributed by atoms with van der Waals surface area (Å²) in [5.74, 6) is -1.37. The van der Waals surface area contributed by atoms with E-state index in [1.54, 1.807) is 26.0 Å². The van der Waals surface area contributed by atoms with E-state index in [4.69, 9.17) is 5.11 Å². The number of hydrogen-bond acceptors (Lipinski definition) is 4. The molecule has 2 rings (SSSR count). The van der Waals surface area contributed by atoms with Crippen LogP contribution >= 0.6 is 0 Å². The minimum Gasteiger partial charge on any atom is -0.481 e. The van der Waals surface area contributed by atoms with Gasteiger partial charge in [-0.3, -0.25) is 14.5 Å². The molecule has 2 N–H and O–H groups in total. The molecule has 2 aromatic carbocycles. The van der Waals surface area contributed by atoms with Crippen molar-refractivity contribution in [3.63, 3.8) is 0 Å². The van der Waals surface area contributed by atoms with Crippen LogP contribution in [0.3, 0.4) is 0 Å². The van der Waals surface area contributed by atoms with Gasteiger partial charge in [0.05, 0.1) is 6.42 Å². The number of imide groups is 1. The number of carbonyl (C=O) groups is 3. The smallest absolute Gasteiger partial charge is 0.328 e. The average molecular weight is 426 g/mol. The molecule has 0 heterocycles. The number of nitrogens with zero attached hydrogens (tertiary/aromatic N) is 2.